The molecule has 2 heterocycles. The highest BCUT2D eigenvalue weighted by molar-refractivity contribution is 5.93. The molecule has 78 valence electrons. The zero-order chi connectivity index (χ0) is 10.4. The second-order valence-electron chi connectivity index (χ2n) is 4.03. The Morgan fingerprint density at radius 2 is 2.20 bits per heavy atom. The van der Waals surface area contributed by atoms with Gasteiger partial charge in [-0.25, -0.2) is 4.79 Å². The second-order valence-corrected chi connectivity index (χ2v) is 4.03. The predicted molar refractivity (Wildman–Crippen MR) is 53.6 cm³/mol. The minimum Gasteiger partial charge on any atom is -0.457 e. The van der Waals surface area contributed by atoms with Crippen molar-refractivity contribution in [2.75, 3.05) is 6.61 Å². The van der Waals surface area contributed by atoms with E-state index in [9.17, 15) is 4.79 Å². The van der Waals surface area contributed by atoms with Gasteiger partial charge in [0.05, 0.1) is 18.3 Å². The number of benzene rings is 1. The van der Waals surface area contributed by atoms with Gasteiger partial charge in [0.1, 0.15) is 6.61 Å². The third-order valence-corrected chi connectivity index (χ3v) is 3.25. The van der Waals surface area contributed by atoms with E-state index in [4.69, 9.17) is 9.47 Å². The lowest BCUT2D eigenvalue weighted by molar-refractivity contribution is -0.0531. The van der Waals surface area contributed by atoms with Crippen LogP contribution in [-0.2, 0) is 16.1 Å². The van der Waals surface area contributed by atoms with Crippen molar-refractivity contribution in [1.82, 2.24) is 0 Å². The Labute approximate surface area is 88.0 Å². The number of carbonyl (C=O) groups is 1. The van der Waals surface area contributed by atoms with E-state index in [0.29, 0.717) is 6.61 Å². The Bertz CT molecular complexity index is 433. The standard InChI is InChI=1S/C12H12O3/c1-7-8(11-4-5-14-11)2-3-9-10(7)6-15-12(9)13/h2-3,11H,4-6H2,1H3. The quantitative estimate of drug-likeness (QED) is 0.657. The highest BCUT2D eigenvalue weighted by atomic mass is 16.5. The van der Waals surface area contributed by atoms with Crippen molar-refractivity contribution in [3.8, 4) is 0 Å². The Morgan fingerprint density at radius 1 is 1.40 bits per heavy atom. The number of rotatable bonds is 1. The Hall–Kier alpha value is -1.35. The fraction of sp³-hybridized carbons (Fsp3) is 0.417. The van der Waals surface area contributed by atoms with Crippen molar-refractivity contribution >= 4 is 5.97 Å². The monoisotopic (exact) mass is 204 g/mol. The molecule has 0 saturated carbocycles. The maximum absolute atomic E-state index is 11.3. The van der Waals surface area contributed by atoms with Crippen LogP contribution in [0.4, 0.5) is 0 Å². The number of carbonyl (C=O) groups excluding carboxylic acids is 1. The summed E-state index contributed by atoms with van der Waals surface area (Å²) in [5.74, 6) is -0.200. The first kappa shape index (κ1) is 8.92. The fourth-order valence-corrected chi connectivity index (χ4v) is 2.20. The minimum absolute atomic E-state index is 0.200. The molecule has 3 rings (SSSR count). The number of fused-ring (bicyclic) bond motifs is 1. The van der Waals surface area contributed by atoms with Crippen LogP contribution in [-0.4, -0.2) is 12.6 Å². The van der Waals surface area contributed by atoms with Crippen LogP contribution < -0.4 is 0 Å². The molecule has 1 aromatic carbocycles. The molecule has 1 saturated heterocycles. The summed E-state index contributed by atoms with van der Waals surface area (Å²) in [4.78, 5) is 11.3. The fourth-order valence-electron chi connectivity index (χ4n) is 2.20. The highest BCUT2D eigenvalue weighted by Gasteiger charge is 2.28. The smallest absolute Gasteiger partial charge is 0.338 e. The van der Waals surface area contributed by atoms with Gasteiger partial charge in [0, 0.05) is 12.0 Å². The van der Waals surface area contributed by atoms with Crippen LogP contribution in [0.3, 0.4) is 0 Å². The van der Waals surface area contributed by atoms with Crippen molar-refractivity contribution < 1.29 is 14.3 Å². The van der Waals surface area contributed by atoms with Gasteiger partial charge in [-0.05, 0) is 24.1 Å². The van der Waals surface area contributed by atoms with Crippen molar-refractivity contribution in [2.45, 2.75) is 26.1 Å². The molecule has 2 aliphatic rings. The number of hydrogen-bond acceptors (Lipinski definition) is 3. The lowest BCUT2D eigenvalue weighted by Gasteiger charge is -2.28. The molecule has 1 unspecified atom stereocenters. The first-order valence-electron chi connectivity index (χ1n) is 5.18. The van der Waals surface area contributed by atoms with E-state index < -0.39 is 0 Å². The maximum Gasteiger partial charge on any atom is 0.338 e. The predicted octanol–water partition coefficient (Wildman–Crippen LogP) is 2.13. The van der Waals surface area contributed by atoms with Gasteiger partial charge in [-0.3, -0.25) is 0 Å². The summed E-state index contributed by atoms with van der Waals surface area (Å²) in [6.07, 6.45) is 1.31. The molecular weight excluding hydrogens is 192 g/mol. The van der Waals surface area contributed by atoms with Gasteiger partial charge in [-0.15, -0.1) is 0 Å². The van der Waals surface area contributed by atoms with E-state index in [1.807, 2.05) is 19.1 Å². The lowest BCUT2D eigenvalue weighted by atomic mass is 9.93. The van der Waals surface area contributed by atoms with Crippen LogP contribution in [0, 0.1) is 6.92 Å². The number of cyclic esters (lactones) is 1. The first-order chi connectivity index (χ1) is 7.27. The van der Waals surface area contributed by atoms with Crippen LogP contribution in [0.5, 0.6) is 0 Å². The summed E-state index contributed by atoms with van der Waals surface area (Å²) < 4.78 is 10.5. The first-order valence-corrected chi connectivity index (χ1v) is 5.18. The number of hydrogen-bond donors (Lipinski definition) is 0. The van der Waals surface area contributed by atoms with Crippen molar-refractivity contribution in [1.29, 1.82) is 0 Å². The molecule has 1 atom stereocenters. The average molecular weight is 204 g/mol. The topological polar surface area (TPSA) is 35.5 Å². The average Bonchev–Trinajstić information content (AvgIpc) is 2.50. The van der Waals surface area contributed by atoms with Gasteiger partial charge in [0.15, 0.2) is 0 Å². The Kier molecular flexibility index (Phi) is 1.83. The zero-order valence-corrected chi connectivity index (χ0v) is 8.58. The van der Waals surface area contributed by atoms with Crippen LogP contribution in [0.2, 0.25) is 0 Å². The summed E-state index contributed by atoms with van der Waals surface area (Å²) in [5, 5.41) is 0. The molecule has 1 fully saturated rings. The summed E-state index contributed by atoms with van der Waals surface area (Å²) in [7, 11) is 0. The van der Waals surface area contributed by atoms with Gasteiger partial charge in [-0.2, -0.15) is 0 Å². The third kappa shape index (κ3) is 1.20. The zero-order valence-electron chi connectivity index (χ0n) is 8.58. The lowest BCUT2D eigenvalue weighted by Crippen LogP contribution is -2.19. The molecule has 3 nitrogen and oxygen atoms in total. The maximum atomic E-state index is 11.3. The number of ether oxygens (including phenoxy) is 2. The van der Waals surface area contributed by atoms with E-state index >= 15 is 0 Å². The molecule has 0 aliphatic carbocycles. The van der Waals surface area contributed by atoms with Gasteiger partial charge in [0.25, 0.3) is 0 Å². The molecular formula is C12H12O3. The van der Waals surface area contributed by atoms with Crippen LogP contribution >= 0.6 is 0 Å². The van der Waals surface area contributed by atoms with Gasteiger partial charge < -0.3 is 9.47 Å². The molecule has 0 N–H and O–H groups in total. The number of esters is 1. The van der Waals surface area contributed by atoms with E-state index in [2.05, 4.69) is 0 Å². The normalized spacial score (nSPS) is 23.3. The van der Waals surface area contributed by atoms with Crippen molar-refractivity contribution in [3.05, 3.63) is 34.4 Å². The highest BCUT2D eigenvalue weighted by Crippen LogP contribution is 2.35. The van der Waals surface area contributed by atoms with E-state index in [0.717, 1.165) is 29.7 Å². The Balaban J connectivity index is 2.08. The molecule has 3 heteroatoms. The SMILES string of the molecule is Cc1c(C2CCO2)ccc2c1COC2=O. The molecule has 0 radical (unpaired) electrons. The Morgan fingerprint density at radius 3 is 2.87 bits per heavy atom. The summed E-state index contributed by atoms with van der Waals surface area (Å²) in [6, 6.07) is 3.85. The molecule has 0 aromatic heterocycles. The summed E-state index contributed by atoms with van der Waals surface area (Å²) >= 11 is 0. The summed E-state index contributed by atoms with van der Waals surface area (Å²) in [5.41, 5.74) is 4.12. The molecule has 0 spiro atoms. The van der Waals surface area contributed by atoms with E-state index in [1.165, 1.54) is 5.56 Å². The van der Waals surface area contributed by atoms with Crippen LogP contribution in [0.15, 0.2) is 12.1 Å². The molecule has 1 aromatic rings. The molecule has 0 bridgehead atoms. The van der Waals surface area contributed by atoms with Gasteiger partial charge in [-0.1, -0.05) is 6.07 Å². The van der Waals surface area contributed by atoms with Crippen molar-refractivity contribution in [3.63, 3.8) is 0 Å². The van der Waals surface area contributed by atoms with Crippen LogP contribution in [0.1, 0.15) is 39.6 Å². The van der Waals surface area contributed by atoms with Crippen LogP contribution in [0.25, 0.3) is 0 Å². The van der Waals surface area contributed by atoms with E-state index in [-0.39, 0.29) is 12.1 Å². The van der Waals surface area contributed by atoms with E-state index in [1.54, 1.807) is 0 Å². The van der Waals surface area contributed by atoms with Gasteiger partial charge in [0.2, 0.25) is 0 Å². The second kappa shape index (κ2) is 3.07. The summed E-state index contributed by atoms with van der Waals surface area (Å²) in [6.45, 7) is 3.30. The molecule has 2 aliphatic heterocycles. The molecule has 0 amide bonds. The minimum atomic E-state index is -0.200. The third-order valence-electron chi connectivity index (χ3n) is 3.25. The van der Waals surface area contributed by atoms with Crippen molar-refractivity contribution in [2.24, 2.45) is 0 Å². The van der Waals surface area contributed by atoms with Gasteiger partial charge >= 0.3 is 5.97 Å². The molecule has 15 heavy (non-hydrogen) atoms. The largest absolute Gasteiger partial charge is 0.457 e.